The fraction of sp³-hybridized carbons (Fsp3) is 0.0870. The van der Waals surface area contributed by atoms with Gasteiger partial charge in [-0.25, -0.2) is 13.4 Å². The maximum atomic E-state index is 11.9. The molecule has 1 heterocycles. The van der Waals surface area contributed by atoms with Gasteiger partial charge in [0.05, 0.1) is 9.92 Å². The van der Waals surface area contributed by atoms with Crippen LogP contribution in [0.15, 0.2) is 71.1 Å². The van der Waals surface area contributed by atoms with Crippen molar-refractivity contribution >= 4 is 44.4 Å². The number of rotatable bonds is 4. The molecule has 0 bridgehead atoms. The van der Waals surface area contributed by atoms with Crippen molar-refractivity contribution in [2.24, 2.45) is 0 Å². The van der Waals surface area contributed by atoms with Crippen molar-refractivity contribution in [3.8, 4) is 32.8 Å². The summed E-state index contributed by atoms with van der Waals surface area (Å²) in [4.78, 5) is 4.68. The zero-order valence-electron chi connectivity index (χ0n) is 16.2. The largest absolute Gasteiger partial charge is 0.244 e. The summed E-state index contributed by atoms with van der Waals surface area (Å²) in [6.07, 6.45) is 2.94. The lowest BCUT2D eigenvalue weighted by molar-refractivity contribution is 0.602. The van der Waals surface area contributed by atoms with Crippen LogP contribution in [0.25, 0.3) is 32.8 Å². The van der Waals surface area contributed by atoms with Crippen molar-refractivity contribution in [3.63, 3.8) is 0 Å². The fourth-order valence-corrected chi connectivity index (χ4v) is 4.99. The molecule has 152 valence electrons. The minimum absolute atomic E-state index is 0.282. The van der Waals surface area contributed by atoms with E-state index in [1.54, 1.807) is 18.3 Å². The molecule has 0 amide bonds. The lowest BCUT2D eigenvalue weighted by Crippen LogP contribution is -1.96. The van der Waals surface area contributed by atoms with Crippen molar-refractivity contribution in [1.29, 1.82) is 0 Å². The SMILES string of the molecule is Cc1cc(-c2cc(Cl)c(-c3nccs3)cc2-c2ccc(S(C)(=O)=O)cc2)ccc1Cl. The number of benzene rings is 3. The molecule has 0 radical (unpaired) electrons. The van der Waals surface area contributed by atoms with Crippen LogP contribution in [0.2, 0.25) is 10.0 Å². The molecule has 0 aliphatic carbocycles. The molecule has 1 aromatic heterocycles. The van der Waals surface area contributed by atoms with E-state index >= 15 is 0 Å². The first-order valence-corrected chi connectivity index (χ1v) is 12.6. The van der Waals surface area contributed by atoms with Gasteiger partial charge in [-0.15, -0.1) is 11.3 Å². The maximum absolute atomic E-state index is 11.9. The molecule has 0 aliphatic rings. The third-order valence-corrected chi connectivity index (χ3v) is 7.50. The Hall–Kier alpha value is -2.18. The monoisotopic (exact) mass is 473 g/mol. The van der Waals surface area contributed by atoms with Crippen LogP contribution in [0.5, 0.6) is 0 Å². The van der Waals surface area contributed by atoms with Crippen molar-refractivity contribution in [2.75, 3.05) is 6.26 Å². The van der Waals surface area contributed by atoms with Gasteiger partial charge in [0.2, 0.25) is 0 Å². The third kappa shape index (κ3) is 4.16. The second kappa shape index (κ2) is 8.16. The maximum Gasteiger partial charge on any atom is 0.175 e. The van der Waals surface area contributed by atoms with E-state index in [2.05, 4.69) is 4.98 Å². The van der Waals surface area contributed by atoms with Gasteiger partial charge in [-0.05, 0) is 71.1 Å². The number of sulfone groups is 1. The average Bonchev–Trinajstić information content (AvgIpc) is 3.24. The normalized spacial score (nSPS) is 11.6. The lowest BCUT2D eigenvalue weighted by atomic mass is 9.92. The summed E-state index contributed by atoms with van der Waals surface area (Å²) in [5.74, 6) is 0. The van der Waals surface area contributed by atoms with Crippen LogP contribution in [0.3, 0.4) is 0 Å². The summed E-state index contributed by atoms with van der Waals surface area (Å²) >= 11 is 14.4. The summed E-state index contributed by atoms with van der Waals surface area (Å²) in [6.45, 7) is 1.96. The van der Waals surface area contributed by atoms with Crippen molar-refractivity contribution < 1.29 is 8.42 Å². The standard InChI is InChI=1S/C23H17Cl2NO2S2/c1-14-11-16(5-8-21(14)24)19-13-22(25)20(23-26-9-10-29-23)12-18(19)15-3-6-17(7-4-15)30(2,27)28/h3-13H,1-2H3. The second-order valence-corrected chi connectivity index (χ2v) is 10.7. The van der Waals surface area contributed by atoms with E-state index in [9.17, 15) is 8.42 Å². The van der Waals surface area contributed by atoms with E-state index in [0.29, 0.717) is 10.0 Å². The van der Waals surface area contributed by atoms with Crippen molar-refractivity contribution in [3.05, 3.63) is 81.8 Å². The Morgan fingerprint density at radius 1 is 0.833 bits per heavy atom. The predicted octanol–water partition coefficient (Wildman–Crippen LogP) is 7.16. The van der Waals surface area contributed by atoms with Crippen LogP contribution in [-0.4, -0.2) is 19.7 Å². The van der Waals surface area contributed by atoms with E-state index < -0.39 is 9.84 Å². The zero-order chi connectivity index (χ0) is 21.5. The van der Waals surface area contributed by atoms with E-state index in [1.807, 2.05) is 54.8 Å². The Morgan fingerprint density at radius 3 is 2.10 bits per heavy atom. The summed E-state index contributed by atoms with van der Waals surface area (Å²) in [5.41, 5.74) is 5.54. The Kier molecular flexibility index (Phi) is 5.73. The number of aromatic nitrogens is 1. The molecule has 30 heavy (non-hydrogen) atoms. The number of thiazole rings is 1. The van der Waals surface area contributed by atoms with Gasteiger partial charge in [0.15, 0.2) is 9.84 Å². The number of hydrogen-bond acceptors (Lipinski definition) is 4. The van der Waals surface area contributed by atoms with E-state index in [4.69, 9.17) is 23.2 Å². The number of nitrogens with zero attached hydrogens (tertiary/aromatic N) is 1. The van der Waals surface area contributed by atoms with Crippen molar-refractivity contribution in [1.82, 2.24) is 4.98 Å². The molecule has 3 nitrogen and oxygen atoms in total. The highest BCUT2D eigenvalue weighted by atomic mass is 35.5. The van der Waals surface area contributed by atoms with Gasteiger partial charge in [-0.2, -0.15) is 0 Å². The smallest absolute Gasteiger partial charge is 0.175 e. The summed E-state index contributed by atoms with van der Waals surface area (Å²) in [7, 11) is -3.27. The molecular formula is C23H17Cl2NO2S2. The Balaban J connectivity index is 1.95. The molecule has 3 aromatic carbocycles. The van der Waals surface area contributed by atoms with Crippen LogP contribution in [0.1, 0.15) is 5.56 Å². The van der Waals surface area contributed by atoms with Gasteiger partial charge in [0.1, 0.15) is 5.01 Å². The van der Waals surface area contributed by atoms with Gasteiger partial charge >= 0.3 is 0 Å². The van der Waals surface area contributed by atoms with Crippen molar-refractivity contribution in [2.45, 2.75) is 11.8 Å². The minimum atomic E-state index is -3.27. The van der Waals surface area contributed by atoms with Gasteiger partial charge in [0.25, 0.3) is 0 Å². The summed E-state index contributed by atoms with van der Waals surface area (Å²) < 4.78 is 23.7. The molecular weight excluding hydrogens is 457 g/mol. The highest BCUT2D eigenvalue weighted by Gasteiger charge is 2.16. The second-order valence-electron chi connectivity index (χ2n) is 6.98. The van der Waals surface area contributed by atoms with Crippen LogP contribution in [-0.2, 0) is 9.84 Å². The predicted molar refractivity (Wildman–Crippen MR) is 126 cm³/mol. The van der Waals surface area contributed by atoms with E-state index in [0.717, 1.165) is 38.4 Å². The first-order valence-electron chi connectivity index (χ1n) is 9.04. The van der Waals surface area contributed by atoms with E-state index in [-0.39, 0.29) is 4.90 Å². The van der Waals surface area contributed by atoms with Crippen LogP contribution in [0.4, 0.5) is 0 Å². The quantitative estimate of drug-likeness (QED) is 0.315. The first kappa shape index (κ1) is 21.1. The van der Waals surface area contributed by atoms with Crippen LogP contribution in [0, 0.1) is 6.92 Å². The summed E-state index contributed by atoms with van der Waals surface area (Å²) in [5, 5.41) is 4.03. The molecule has 0 aliphatic heterocycles. The molecule has 7 heteroatoms. The average molecular weight is 474 g/mol. The molecule has 4 aromatic rings. The Labute approximate surface area is 189 Å². The Bertz CT molecular complexity index is 1330. The highest BCUT2D eigenvalue weighted by Crippen LogP contribution is 2.41. The van der Waals surface area contributed by atoms with Gasteiger partial charge in [-0.1, -0.05) is 41.4 Å². The topological polar surface area (TPSA) is 47.0 Å². The zero-order valence-corrected chi connectivity index (χ0v) is 19.3. The lowest BCUT2D eigenvalue weighted by Gasteiger charge is -2.15. The molecule has 0 fully saturated rings. The van der Waals surface area contributed by atoms with E-state index in [1.165, 1.54) is 17.6 Å². The Morgan fingerprint density at radius 2 is 1.50 bits per heavy atom. The third-order valence-electron chi connectivity index (χ3n) is 4.83. The first-order chi connectivity index (χ1) is 14.2. The number of halogens is 2. The van der Waals surface area contributed by atoms with Gasteiger partial charge in [0, 0.05) is 28.4 Å². The number of aryl methyl sites for hydroxylation is 1. The molecule has 0 unspecified atom stereocenters. The molecule has 4 rings (SSSR count). The minimum Gasteiger partial charge on any atom is -0.244 e. The van der Waals surface area contributed by atoms with Gasteiger partial charge in [-0.3, -0.25) is 0 Å². The van der Waals surface area contributed by atoms with Gasteiger partial charge < -0.3 is 0 Å². The van der Waals surface area contributed by atoms with Crippen LogP contribution >= 0.6 is 34.5 Å². The van der Waals surface area contributed by atoms with Crippen LogP contribution < -0.4 is 0 Å². The summed E-state index contributed by atoms with van der Waals surface area (Å²) in [6, 6.07) is 16.7. The molecule has 0 atom stereocenters. The molecule has 0 spiro atoms. The number of hydrogen-bond donors (Lipinski definition) is 0. The highest BCUT2D eigenvalue weighted by molar-refractivity contribution is 7.90. The fourth-order valence-electron chi connectivity index (χ4n) is 3.27. The molecule has 0 saturated heterocycles. The molecule has 0 saturated carbocycles. The molecule has 0 N–H and O–H groups in total.